The maximum Gasteiger partial charge on any atom is 0.348 e. The third-order valence-corrected chi connectivity index (χ3v) is 10.5. The zero-order valence-electron chi connectivity index (χ0n) is 22.5. The van der Waals surface area contributed by atoms with E-state index in [0.29, 0.717) is 16.1 Å². The van der Waals surface area contributed by atoms with E-state index in [-0.39, 0.29) is 40.3 Å². The van der Waals surface area contributed by atoms with Crippen LogP contribution in [0.3, 0.4) is 0 Å². The normalized spacial score (nSPS) is 25.4. The number of thiophene rings is 1. The third-order valence-electron chi connectivity index (χ3n) is 8.30. The summed E-state index contributed by atoms with van der Waals surface area (Å²) in [5, 5.41) is 12.7. The number of hydrogen-bond acceptors (Lipinski definition) is 9. The van der Waals surface area contributed by atoms with Gasteiger partial charge in [-0.05, 0) is 88.0 Å². The smallest absolute Gasteiger partial charge is 0.348 e. The minimum Gasteiger partial charge on any atom is -0.462 e. The number of anilines is 1. The Balaban J connectivity index is 1.24. The van der Waals surface area contributed by atoms with E-state index < -0.39 is 11.9 Å². The highest BCUT2D eigenvalue weighted by Crippen LogP contribution is 2.61. The molecule has 0 unspecified atom stereocenters. The van der Waals surface area contributed by atoms with Crippen molar-refractivity contribution in [3.63, 3.8) is 0 Å². The van der Waals surface area contributed by atoms with Gasteiger partial charge in [0.05, 0.1) is 24.5 Å². The second kappa shape index (κ2) is 11.0. The Labute approximate surface area is 231 Å². The Morgan fingerprint density at radius 1 is 1.03 bits per heavy atom. The molecule has 4 bridgehead atoms. The molecule has 4 saturated carbocycles. The van der Waals surface area contributed by atoms with Crippen molar-refractivity contribution in [3.8, 4) is 0 Å². The van der Waals surface area contributed by atoms with Gasteiger partial charge in [-0.25, -0.2) is 9.59 Å². The average molecular weight is 561 g/mol. The number of carbonyl (C=O) groups is 3. The summed E-state index contributed by atoms with van der Waals surface area (Å²) in [5.74, 6) is 2.33. The first-order chi connectivity index (χ1) is 18.2. The van der Waals surface area contributed by atoms with E-state index in [1.54, 1.807) is 20.8 Å². The van der Waals surface area contributed by atoms with Crippen LogP contribution in [0.15, 0.2) is 5.16 Å². The van der Waals surface area contributed by atoms with Gasteiger partial charge in [-0.3, -0.25) is 4.79 Å². The van der Waals surface area contributed by atoms with Gasteiger partial charge in [0.2, 0.25) is 5.91 Å². The SMILES string of the molecule is CCOC(=O)c1sc(NC(=O)CSc2nnc(CC34CC5CC(CC(C5)C3)C4)n2C)c(C(=O)OCC)c1C. The van der Waals surface area contributed by atoms with Crippen molar-refractivity contribution in [2.45, 2.75) is 70.9 Å². The predicted octanol–water partition coefficient (Wildman–Crippen LogP) is 5.03. The Morgan fingerprint density at radius 3 is 2.24 bits per heavy atom. The van der Waals surface area contributed by atoms with E-state index in [9.17, 15) is 14.4 Å². The fourth-order valence-corrected chi connectivity index (χ4v) is 9.04. The van der Waals surface area contributed by atoms with E-state index in [1.165, 1.54) is 50.3 Å². The molecule has 0 saturated heterocycles. The minimum absolute atomic E-state index is 0.0945. The van der Waals surface area contributed by atoms with E-state index in [4.69, 9.17) is 9.47 Å². The van der Waals surface area contributed by atoms with Gasteiger partial charge in [0.1, 0.15) is 15.7 Å². The van der Waals surface area contributed by atoms with E-state index in [0.717, 1.165) is 41.3 Å². The van der Waals surface area contributed by atoms with Gasteiger partial charge in [0, 0.05) is 13.5 Å². The highest BCUT2D eigenvalue weighted by molar-refractivity contribution is 7.99. The zero-order valence-corrected chi connectivity index (χ0v) is 24.1. The number of esters is 2. The van der Waals surface area contributed by atoms with Crippen molar-refractivity contribution in [2.24, 2.45) is 30.2 Å². The number of hydrogen-bond donors (Lipinski definition) is 1. The summed E-state index contributed by atoms with van der Waals surface area (Å²) < 4.78 is 12.3. The molecule has 0 spiro atoms. The van der Waals surface area contributed by atoms with Crippen LogP contribution in [0.25, 0.3) is 0 Å². The van der Waals surface area contributed by atoms with Crippen LogP contribution in [-0.2, 0) is 27.7 Å². The van der Waals surface area contributed by atoms with Gasteiger partial charge >= 0.3 is 11.9 Å². The molecule has 38 heavy (non-hydrogen) atoms. The van der Waals surface area contributed by atoms with Crippen LogP contribution in [0.2, 0.25) is 0 Å². The number of nitrogens with zero attached hydrogens (tertiary/aromatic N) is 3. The van der Waals surface area contributed by atoms with Crippen LogP contribution in [0, 0.1) is 30.1 Å². The van der Waals surface area contributed by atoms with Crippen LogP contribution in [0.1, 0.15) is 83.8 Å². The second-order valence-corrected chi connectivity index (χ2v) is 13.1. The summed E-state index contributed by atoms with van der Waals surface area (Å²) in [6, 6.07) is 0. The molecule has 1 amide bonds. The van der Waals surface area contributed by atoms with E-state index in [2.05, 4.69) is 15.5 Å². The molecule has 6 rings (SSSR count). The third kappa shape index (κ3) is 5.36. The summed E-state index contributed by atoms with van der Waals surface area (Å²) in [6.45, 7) is 5.48. The van der Waals surface area contributed by atoms with Crippen molar-refractivity contribution in [2.75, 3.05) is 24.3 Å². The first-order valence-corrected chi connectivity index (χ1v) is 15.3. The lowest BCUT2D eigenvalue weighted by atomic mass is 9.49. The Bertz CT molecular complexity index is 1200. The number of aromatic nitrogens is 3. The summed E-state index contributed by atoms with van der Waals surface area (Å²) in [5.41, 5.74) is 0.999. The number of carbonyl (C=O) groups excluding carboxylic acids is 3. The van der Waals surface area contributed by atoms with Crippen LogP contribution in [0.5, 0.6) is 0 Å². The Kier molecular flexibility index (Phi) is 7.86. The maximum atomic E-state index is 12.9. The topological polar surface area (TPSA) is 112 Å². The molecular weight excluding hydrogens is 524 g/mol. The molecule has 0 atom stereocenters. The lowest BCUT2D eigenvalue weighted by molar-refractivity contribution is -0.113. The molecule has 2 aromatic heterocycles. The fraction of sp³-hybridized carbons (Fsp3) is 0.667. The van der Waals surface area contributed by atoms with Gasteiger partial charge in [-0.2, -0.15) is 0 Å². The summed E-state index contributed by atoms with van der Waals surface area (Å²) in [6.07, 6.45) is 9.14. The predicted molar refractivity (Wildman–Crippen MR) is 146 cm³/mol. The van der Waals surface area contributed by atoms with Gasteiger partial charge in [-0.15, -0.1) is 21.5 Å². The van der Waals surface area contributed by atoms with E-state index >= 15 is 0 Å². The maximum absolute atomic E-state index is 12.9. The molecule has 1 N–H and O–H groups in total. The molecule has 0 aliphatic heterocycles. The molecular formula is C27H36N4O5S2. The standard InChI is InChI=1S/C27H36N4O5S2/c1-5-35-24(33)21-15(3)22(25(34)36-6-2)38-23(21)28-20(32)14-37-26-30-29-19(31(26)4)13-27-10-16-7-17(11-27)9-18(8-16)12-27/h16-18H,5-14H2,1-4H3,(H,28,32). The molecule has 9 nitrogen and oxygen atoms in total. The van der Waals surface area contributed by atoms with Crippen LogP contribution in [-0.4, -0.2) is 51.6 Å². The summed E-state index contributed by atoms with van der Waals surface area (Å²) in [4.78, 5) is 38.2. The minimum atomic E-state index is -0.581. The van der Waals surface area contributed by atoms with Gasteiger partial charge in [0.25, 0.3) is 0 Å². The molecule has 0 radical (unpaired) electrons. The monoisotopic (exact) mass is 560 g/mol. The van der Waals surface area contributed by atoms with Crippen molar-refractivity contribution in [1.82, 2.24) is 14.8 Å². The molecule has 2 aromatic rings. The van der Waals surface area contributed by atoms with E-state index in [1.807, 2.05) is 11.6 Å². The average Bonchev–Trinajstić information content (AvgIpc) is 3.35. The molecule has 0 aromatic carbocycles. The largest absolute Gasteiger partial charge is 0.462 e. The quantitative estimate of drug-likeness (QED) is 0.318. The molecule has 4 aliphatic rings. The number of ether oxygens (including phenoxy) is 2. The molecule has 206 valence electrons. The van der Waals surface area contributed by atoms with Gasteiger partial charge in [0.15, 0.2) is 5.16 Å². The summed E-state index contributed by atoms with van der Waals surface area (Å²) >= 11 is 2.34. The van der Waals surface area contributed by atoms with Gasteiger partial charge in [-0.1, -0.05) is 11.8 Å². The van der Waals surface area contributed by atoms with Crippen LogP contribution in [0.4, 0.5) is 5.00 Å². The number of thioether (sulfide) groups is 1. The second-order valence-electron chi connectivity index (χ2n) is 11.1. The Morgan fingerprint density at radius 2 is 1.63 bits per heavy atom. The molecule has 4 fully saturated rings. The highest BCUT2D eigenvalue weighted by atomic mass is 32.2. The molecule has 4 aliphatic carbocycles. The van der Waals surface area contributed by atoms with Crippen molar-refractivity contribution in [1.29, 1.82) is 0 Å². The number of amides is 1. The van der Waals surface area contributed by atoms with Crippen LogP contribution < -0.4 is 5.32 Å². The highest BCUT2D eigenvalue weighted by Gasteiger charge is 2.51. The summed E-state index contributed by atoms with van der Waals surface area (Å²) in [7, 11) is 1.98. The van der Waals surface area contributed by atoms with Crippen molar-refractivity contribution in [3.05, 3.63) is 21.8 Å². The molecule has 11 heteroatoms. The number of rotatable bonds is 10. The lowest BCUT2D eigenvalue weighted by Crippen LogP contribution is -2.47. The lowest BCUT2D eigenvalue weighted by Gasteiger charge is -2.56. The van der Waals surface area contributed by atoms with Crippen molar-refractivity contribution >= 4 is 45.9 Å². The first-order valence-electron chi connectivity index (χ1n) is 13.5. The fourth-order valence-electron chi connectivity index (χ4n) is 7.20. The Hall–Kier alpha value is -2.40. The van der Waals surface area contributed by atoms with Gasteiger partial charge < -0.3 is 19.4 Å². The zero-order chi connectivity index (χ0) is 27.0. The number of nitrogens with one attached hydrogen (secondary N) is 1. The first kappa shape index (κ1) is 27.2. The molecule has 2 heterocycles. The van der Waals surface area contributed by atoms with Crippen LogP contribution >= 0.6 is 23.1 Å². The van der Waals surface area contributed by atoms with Crippen molar-refractivity contribution < 1.29 is 23.9 Å².